The molecular formula is C10H19N5O2S. The van der Waals surface area contributed by atoms with Crippen LogP contribution in [0, 0.1) is 0 Å². The first-order valence-electron chi connectivity index (χ1n) is 6.10. The molecule has 1 aromatic heterocycles. The van der Waals surface area contributed by atoms with E-state index in [1.165, 1.54) is 12.8 Å². The predicted molar refractivity (Wildman–Crippen MR) is 67.3 cm³/mol. The lowest BCUT2D eigenvalue weighted by atomic mass is 10.5. The summed E-state index contributed by atoms with van der Waals surface area (Å²) in [6.45, 7) is 0.949. The molecule has 1 heterocycles. The predicted octanol–water partition coefficient (Wildman–Crippen LogP) is -0.623. The smallest absolute Gasteiger partial charge is 0.212 e. The molecule has 1 aromatic rings. The van der Waals surface area contributed by atoms with Crippen LogP contribution in [-0.2, 0) is 23.6 Å². The Hall–Kier alpha value is -0.990. The molecule has 0 spiro atoms. The fourth-order valence-electron chi connectivity index (χ4n) is 1.57. The van der Waals surface area contributed by atoms with Crippen LogP contribution in [0.4, 0.5) is 0 Å². The normalized spacial score (nSPS) is 16.1. The van der Waals surface area contributed by atoms with Gasteiger partial charge >= 0.3 is 0 Å². The van der Waals surface area contributed by atoms with Gasteiger partial charge in [-0.3, -0.25) is 0 Å². The van der Waals surface area contributed by atoms with Gasteiger partial charge in [0.05, 0.1) is 12.3 Å². The monoisotopic (exact) mass is 273 g/mol. The van der Waals surface area contributed by atoms with Crippen LogP contribution >= 0.6 is 0 Å². The maximum absolute atomic E-state index is 11.7. The summed E-state index contributed by atoms with van der Waals surface area (Å²) in [4.78, 5) is 0. The maximum Gasteiger partial charge on any atom is 0.212 e. The number of aromatic nitrogens is 3. The van der Waals surface area contributed by atoms with Crippen LogP contribution in [-0.4, -0.2) is 41.5 Å². The molecule has 8 heteroatoms. The molecule has 0 bridgehead atoms. The van der Waals surface area contributed by atoms with Crippen molar-refractivity contribution >= 4 is 10.0 Å². The van der Waals surface area contributed by atoms with Crippen molar-refractivity contribution in [3.63, 3.8) is 0 Å². The summed E-state index contributed by atoms with van der Waals surface area (Å²) in [5.41, 5.74) is 0. The van der Waals surface area contributed by atoms with Crippen molar-refractivity contribution in [3.05, 3.63) is 12.2 Å². The molecule has 1 aliphatic rings. The zero-order valence-electron chi connectivity index (χ0n) is 10.5. The van der Waals surface area contributed by atoms with Gasteiger partial charge in [-0.1, -0.05) is 0 Å². The highest BCUT2D eigenvalue weighted by molar-refractivity contribution is 7.89. The quantitative estimate of drug-likeness (QED) is 0.616. The molecule has 102 valence electrons. The number of sulfonamides is 1. The Morgan fingerprint density at radius 1 is 1.50 bits per heavy atom. The van der Waals surface area contributed by atoms with Gasteiger partial charge in [0.25, 0.3) is 0 Å². The number of rotatable bonds is 8. The van der Waals surface area contributed by atoms with Crippen molar-refractivity contribution in [1.82, 2.24) is 24.8 Å². The molecule has 0 aromatic carbocycles. The van der Waals surface area contributed by atoms with Crippen molar-refractivity contribution in [2.24, 2.45) is 7.05 Å². The molecule has 0 radical (unpaired) electrons. The van der Waals surface area contributed by atoms with E-state index in [-0.39, 0.29) is 12.3 Å². The van der Waals surface area contributed by atoms with Crippen LogP contribution in [0.1, 0.15) is 25.1 Å². The highest BCUT2D eigenvalue weighted by Crippen LogP contribution is 2.18. The Labute approximate surface area is 107 Å². The van der Waals surface area contributed by atoms with Gasteiger partial charge in [-0.05, 0) is 25.8 Å². The first-order chi connectivity index (χ1) is 8.57. The lowest BCUT2D eigenvalue weighted by Gasteiger charge is -2.06. The third-order valence-electron chi connectivity index (χ3n) is 2.86. The number of nitrogens with zero attached hydrogens (tertiary/aromatic N) is 3. The van der Waals surface area contributed by atoms with Gasteiger partial charge in [0.1, 0.15) is 12.2 Å². The molecule has 0 amide bonds. The summed E-state index contributed by atoms with van der Waals surface area (Å²) < 4.78 is 27.6. The van der Waals surface area contributed by atoms with Gasteiger partial charge in [0.2, 0.25) is 10.0 Å². The van der Waals surface area contributed by atoms with Gasteiger partial charge in [0.15, 0.2) is 0 Å². The fourth-order valence-corrected chi connectivity index (χ4v) is 2.59. The Morgan fingerprint density at radius 3 is 2.89 bits per heavy atom. The molecular weight excluding hydrogens is 254 g/mol. The largest absolute Gasteiger partial charge is 0.320 e. The van der Waals surface area contributed by atoms with Crippen molar-refractivity contribution in [1.29, 1.82) is 0 Å². The zero-order chi connectivity index (χ0) is 13.0. The van der Waals surface area contributed by atoms with E-state index in [2.05, 4.69) is 20.2 Å². The molecule has 0 atom stereocenters. The molecule has 0 saturated heterocycles. The van der Waals surface area contributed by atoms with Crippen molar-refractivity contribution < 1.29 is 8.42 Å². The van der Waals surface area contributed by atoms with Gasteiger partial charge < -0.3 is 9.88 Å². The van der Waals surface area contributed by atoms with E-state index >= 15 is 0 Å². The molecule has 1 saturated carbocycles. The van der Waals surface area contributed by atoms with Crippen molar-refractivity contribution in [3.8, 4) is 0 Å². The highest BCUT2D eigenvalue weighted by Gasteiger charge is 2.20. The van der Waals surface area contributed by atoms with E-state index in [1.54, 1.807) is 17.9 Å². The van der Waals surface area contributed by atoms with Crippen LogP contribution < -0.4 is 10.0 Å². The van der Waals surface area contributed by atoms with Crippen molar-refractivity contribution in [2.45, 2.75) is 31.8 Å². The third-order valence-corrected chi connectivity index (χ3v) is 4.27. The summed E-state index contributed by atoms with van der Waals surface area (Å²) >= 11 is 0. The Balaban J connectivity index is 1.67. The summed E-state index contributed by atoms with van der Waals surface area (Å²) in [7, 11) is -1.44. The second-order valence-electron chi connectivity index (χ2n) is 4.58. The van der Waals surface area contributed by atoms with Gasteiger partial charge in [-0.15, -0.1) is 10.2 Å². The van der Waals surface area contributed by atoms with Gasteiger partial charge in [0, 0.05) is 13.1 Å². The SMILES string of the molecule is Cn1cnnc1CNS(=O)(=O)CCCNC1CC1. The topological polar surface area (TPSA) is 88.9 Å². The average Bonchev–Trinajstić information content (AvgIpc) is 3.05. The van der Waals surface area contributed by atoms with E-state index in [0.29, 0.717) is 18.3 Å². The number of hydrogen-bond acceptors (Lipinski definition) is 5. The van der Waals surface area contributed by atoms with Crippen LogP contribution in [0.3, 0.4) is 0 Å². The lowest BCUT2D eigenvalue weighted by molar-refractivity contribution is 0.570. The van der Waals surface area contributed by atoms with Crippen LogP contribution in [0.25, 0.3) is 0 Å². The Bertz CT molecular complexity index is 480. The summed E-state index contributed by atoms with van der Waals surface area (Å²) in [6.07, 6.45) is 4.61. The second kappa shape index (κ2) is 5.77. The number of nitrogens with one attached hydrogen (secondary N) is 2. The van der Waals surface area contributed by atoms with E-state index in [0.717, 1.165) is 6.54 Å². The van der Waals surface area contributed by atoms with E-state index < -0.39 is 10.0 Å². The highest BCUT2D eigenvalue weighted by atomic mass is 32.2. The van der Waals surface area contributed by atoms with Gasteiger partial charge in [-0.25, -0.2) is 13.1 Å². The zero-order valence-corrected chi connectivity index (χ0v) is 11.3. The lowest BCUT2D eigenvalue weighted by Crippen LogP contribution is -2.29. The van der Waals surface area contributed by atoms with Crippen LogP contribution in [0.2, 0.25) is 0 Å². The first kappa shape index (κ1) is 13.4. The van der Waals surface area contributed by atoms with Crippen molar-refractivity contribution in [2.75, 3.05) is 12.3 Å². The molecule has 1 aliphatic carbocycles. The van der Waals surface area contributed by atoms with E-state index in [1.807, 2.05) is 0 Å². The summed E-state index contributed by atoms with van der Waals surface area (Å²) in [6, 6.07) is 0.624. The van der Waals surface area contributed by atoms with Crippen LogP contribution in [0.5, 0.6) is 0 Å². The minimum atomic E-state index is -3.22. The number of aryl methyl sites for hydroxylation is 1. The molecule has 1 fully saturated rings. The Kier molecular flexibility index (Phi) is 4.31. The molecule has 2 rings (SSSR count). The molecule has 2 N–H and O–H groups in total. The fraction of sp³-hybridized carbons (Fsp3) is 0.800. The maximum atomic E-state index is 11.7. The molecule has 18 heavy (non-hydrogen) atoms. The summed E-state index contributed by atoms with van der Waals surface area (Å²) in [5, 5.41) is 10.8. The molecule has 0 aliphatic heterocycles. The van der Waals surface area contributed by atoms with E-state index in [9.17, 15) is 8.42 Å². The minimum Gasteiger partial charge on any atom is -0.320 e. The second-order valence-corrected chi connectivity index (χ2v) is 6.51. The summed E-state index contributed by atoms with van der Waals surface area (Å²) in [5.74, 6) is 0.750. The molecule has 7 nitrogen and oxygen atoms in total. The minimum absolute atomic E-state index is 0.143. The Morgan fingerprint density at radius 2 is 2.28 bits per heavy atom. The third kappa shape index (κ3) is 4.35. The van der Waals surface area contributed by atoms with E-state index in [4.69, 9.17) is 0 Å². The molecule has 0 unspecified atom stereocenters. The average molecular weight is 273 g/mol. The standard InChI is InChI=1S/C10H19N5O2S/c1-15-8-12-14-10(15)7-13-18(16,17)6-2-5-11-9-3-4-9/h8-9,11,13H,2-7H2,1H3. The van der Waals surface area contributed by atoms with Gasteiger partial charge in [-0.2, -0.15) is 0 Å². The first-order valence-corrected chi connectivity index (χ1v) is 7.76. The number of hydrogen-bond donors (Lipinski definition) is 2. The van der Waals surface area contributed by atoms with Crippen LogP contribution in [0.15, 0.2) is 6.33 Å².